The third kappa shape index (κ3) is 4.74. The van der Waals surface area contributed by atoms with Crippen LogP contribution in [0.15, 0.2) is 30.3 Å². The number of nitrogens with one attached hydrogen (secondary N) is 1. The summed E-state index contributed by atoms with van der Waals surface area (Å²) in [5, 5.41) is 12.5. The number of carbonyl (C=O) groups is 1. The van der Waals surface area contributed by atoms with E-state index in [-0.39, 0.29) is 30.4 Å². The SMILES string of the molecule is CC(COc1ccccc1)C(=O)NC1CCCCC1CO. The molecule has 0 bridgehead atoms. The Kier molecular flexibility index (Phi) is 6.05. The van der Waals surface area contributed by atoms with Crippen LogP contribution in [0.2, 0.25) is 0 Å². The van der Waals surface area contributed by atoms with Gasteiger partial charge in [0.05, 0.1) is 12.5 Å². The molecule has 1 aliphatic rings. The summed E-state index contributed by atoms with van der Waals surface area (Å²) in [6.07, 6.45) is 4.22. The summed E-state index contributed by atoms with van der Waals surface area (Å²) in [5.41, 5.74) is 0. The molecule has 21 heavy (non-hydrogen) atoms. The standard InChI is InChI=1S/C17H25NO3/c1-13(12-21-15-8-3-2-4-9-15)17(20)18-16-10-6-5-7-14(16)11-19/h2-4,8-9,13-14,16,19H,5-7,10-12H2,1H3,(H,18,20). The number of benzene rings is 1. The van der Waals surface area contributed by atoms with Crippen LogP contribution in [0.4, 0.5) is 0 Å². The lowest BCUT2D eigenvalue weighted by atomic mass is 9.85. The van der Waals surface area contributed by atoms with Crippen molar-refractivity contribution < 1.29 is 14.6 Å². The van der Waals surface area contributed by atoms with Crippen molar-refractivity contribution in [2.24, 2.45) is 11.8 Å². The van der Waals surface area contributed by atoms with Gasteiger partial charge in [-0.3, -0.25) is 4.79 Å². The van der Waals surface area contributed by atoms with Crippen molar-refractivity contribution in [2.45, 2.75) is 38.6 Å². The van der Waals surface area contributed by atoms with Crippen LogP contribution in [0.1, 0.15) is 32.6 Å². The Morgan fingerprint density at radius 2 is 2.05 bits per heavy atom. The van der Waals surface area contributed by atoms with Gasteiger partial charge in [-0.05, 0) is 25.0 Å². The number of carbonyl (C=O) groups excluding carboxylic acids is 1. The Balaban J connectivity index is 1.79. The Morgan fingerprint density at radius 3 is 2.76 bits per heavy atom. The monoisotopic (exact) mass is 291 g/mol. The van der Waals surface area contributed by atoms with Gasteiger partial charge in [0.25, 0.3) is 0 Å². The number of rotatable bonds is 6. The highest BCUT2D eigenvalue weighted by atomic mass is 16.5. The molecule has 0 saturated heterocycles. The lowest BCUT2D eigenvalue weighted by Crippen LogP contribution is -2.46. The maximum absolute atomic E-state index is 12.2. The van der Waals surface area contributed by atoms with Gasteiger partial charge in [-0.25, -0.2) is 0 Å². The summed E-state index contributed by atoms with van der Waals surface area (Å²) in [5.74, 6) is 0.788. The van der Waals surface area contributed by atoms with Crippen molar-refractivity contribution in [1.29, 1.82) is 0 Å². The zero-order valence-corrected chi connectivity index (χ0v) is 12.6. The quantitative estimate of drug-likeness (QED) is 0.846. The predicted molar refractivity (Wildman–Crippen MR) is 82.1 cm³/mol. The third-order valence-electron chi connectivity index (χ3n) is 4.16. The van der Waals surface area contributed by atoms with Crippen LogP contribution in [0, 0.1) is 11.8 Å². The molecule has 4 heteroatoms. The van der Waals surface area contributed by atoms with Crippen LogP contribution in [-0.4, -0.2) is 30.3 Å². The van der Waals surface area contributed by atoms with Crippen LogP contribution >= 0.6 is 0 Å². The molecule has 3 atom stereocenters. The van der Waals surface area contributed by atoms with Crippen LogP contribution in [0.3, 0.4) is 0 Å². The minimum absolute atomic E-state index is 0.0104. The molecule has 1 aromatic rings. The molecule has 2 rings (SSSR count). The lowest BCUT2D eigenvalue weighted by molar-refractivity contribution is -0.126. The normalized spacial score (nSPS) is 23.3. The Morgan fingerprint density at radius 1 is 1.33 bits per heavy atom. The molecule has 1 fully saturated rings. The van der Waals surface area contributed by atoms with Gasteiger partial charge in [0.15, 0.2) is 0 Å². The highest BCUT2D eigenvalue weighted by Crippen LogP contribution is 2.24. The first-order valence-corrected chi connectivity index (χ1v) is 7.79. The molecule has 0 radical (unpaired) electrons. The maximum Gasteiger partial charge on any atom is 0.226 e. The van der Waals surface area contributed by atoms with Crippen molar-refractivity contribution in [3.05, 3.63) is 30.3 Å². The van der Waals surface area contributed by atoms with Gasteiger partial charge in [0.2, 0.25) is 5.91 Å². The second-order valence-corrected chi connectivity index (χ2v) is 5.87. The van der Waals surface area contributed by atoms with Crippen molar-refractivity contribution in [1.82, 2.24) is 5.32 Å². The van der Waals surface area contributed by atoms with Crippen molar-refractivity contribution in [3.8, 4) is 5.75 Å². The molecular formula is C17H25NO3. The molecule has 3 unspecified atom stereocenters. The summed E-state index contributed by atoms with van der Waals surface area (Å²) >= 11 is 0. The first-order chi connectivity index (χ1) is 10.2. The number of hydrogen-bond donors (Lipinski definition) is 2. The Hall–Kier alpha value is -1.55. The second-order valence-electron chi connectivity index (χ2n) is 5.87. The average molecular weight is 291 g/mol. The second kappa shape index (κ2) is 8.03. The van der Waals surface area contributed by atoms with E-state index in [2.05, 4.69) is 5.32 Å². The van der Waals surface area contributed by atoms with Crippen molar-refractivity contribution >= 4 is 5.91 Å². The van der Waals surface area contributed by atoms with Gasteiger partial charge in [-0.1, -0.05) is 38.0 Å². The smallest absolute Gasteiger partial charge is 0.226 e. The fraction of sp³-hybridized carbons (Fsp3) is 0.588. The highest BCUT2D eigenvalue weighted by molar-refractivity contribution is 5.78. The topological polar surface area (TPSA) is 58.6 Å². The first-order valence-electron chi connectivity index (χ1n) is 7.79. The molecule has 116 valence electrons. The molecule has 0 spiro atoms. The number of aliphatic hydroxyl groups is 1. The number of aliphatic hydroxyl groups excluding tert-OH is 1. The van der Waals surface area contributed by atoms with E-state index >= 15 is 0 Å². The molecule has 4 nitrogen and oxygen atoms in total. The van der Waals surface area contributed by atoms with Gasteiger partial charge < -0.3 is 15.2 Å². The minimum Gasteiger partial charge on any atom is -0.493 e. The molecule has 1 aliphatic carbocycles. The lowest BCUT2D eigenvalue weighted by Gasteiger charge is -2.31. The van der Waals surface area contributed by atoms with Crippen LogP contribution < -0.4 is 10.1 Å². The van der Waals surface area contributed by atoms with Crippen LogP contribution in [-0.2, 0) is 4.79 Å². The van der Waals surface area contributed by atoms with Gasteiger partial charge in [-0.15, -0.1) is 0 Å². The largest absolute Gasteiger partial charge is 0.493 e. The highest BCUT2D eigenvalue weighted by Gasteiger charge is 2.27. The van der Waals surface area contributed by atoms with Crippen molar-refractivity contribution in [2.75, 3.05) is 13.2 Å². The van der Waals surface area contributed by atoms with E-state index in [4.69, 9.17) is 4.74 Å². The van der Waals surface area contributed by atoms with E-state index in [0.29, 0.717) is 6.61 Å². The summed E-state index contributed by atoms with van der Waals surface area (Å²) in [7, 11) is 0. The number of hydrogen-bond acceptors (Lipinski definition) is 3. The fourth-order valence-corrected chi connectivity index (χ4v) is 2.75. The summed E-state index contributed by atoms with van der Waals surface area (Å²) in [6.45, 7) is 2.39. The molecule has 1 aromatic carbocycles. The summed E-state index contributed by atoms with van der Waals surface area (Å²) < 4.78 is 5.62. The average Bonchev–Trinajstić information content (AvgIpc) is 2.54. The van der Waals surface area contributed by atoms with E-state index in [0.717, 1.165) is 31.4 Å². The molecule has 2 N–H and O–H groups in total. The first kappa shape index (κ1) is 15.8. The van der Waals surface area contributed by atoms with Gasteiger partial charge in [0, 0.05) is 18.6 Å². The Labute approximate surface area is 126 Å². The summed E-state index contributed by atoms with van der Waals surface area (Å²) in [4.78, 5) is 12.2. The van der Waals surface area contributed by atoms with E-state index in [1.165, 1.54) is 0 Å². The molecule has 0 aromatic heterocycles. The number of para-hydroxylation sites is 1. The van der Waals surface area contributed by atoms with Crippen LogP contribution in [0.25, 0.3) is 0 Å². The number of amides is 1. The van der Waals surface area contributed by atoms with Gasteiger partial charge in [0.1, 0.15) is 5.75 Å². The molecular weight excluding hydrogens is 266 g/mol. The maximum atomic E-state index is 12.2. The molecule has 1 saturated carbocycles. The van der Waals surface area contributed by atoms with E-state index < -0.39 is 0 Å². The minimum atomic E-state index is -0.202. The van der Waals surface area contributed by atoms with Gasteiger partial charge in [-0.2, -0.15) is 0 Å². The zero-order chi connectivity index (χ0) is 15.1. The van der Waals surface area contributed by atoms with Gasteiger partial charge >= 0.3 is 0 Å². The van der Waals surface area contributed by atoms with E-state index in [9.17, 15) is 9.90 Å². The number of ether oxygens (including phenoxy) is 1. The van der Waals surface area contributed by atoms with Crippen molar-refractivity contribution in [3.63, 3.8) is 0 Å². The fourth-order valence-electron chi connectivity index (χ4n) is 2.75. The summed E-state index contributed by atoms with van der Waals surface area (Å²) in [6, 6.07) is 9.62. The third-order valence-corrected chi connectivity index (χ3v) is 4.16. The molecule has 1 amide bonds. The predicted octanol–water partition coefficient (Wildman–Crippen LogP) is 2.37. The van der Waals surface area contributed by atoms with E-state index in [1.54, 1.807) is 0 Å². The molecule has 0 heterocycles. The van der Waals surface area contributed by atoms with Crippen LogP contribution in [0.5, 0.6) is 5.75 Å². The Bertz CT molecular complexity index is 435. The van der Waals surface area contributed by atoms with E-state index in [1.807, 2.05) is 37.3 Å². The molecule has 0 aliphatic heterocycles. The zero-order valence-electron chi connectivity index (χ0n) is 12.6.